The average molecular weight is 222 g/mol. The van der Waals surface area contributed by atoms with Crippen LogP contribution in [0.5, 0.6) is 0 Å². The van der Waals surface area contributed by atoms with Gasteiger partial charge < -0.3 is 4.42 Å². The smallest absolute Gasteiger partial charge is 0.151 e. The molecule has 82 valence electrons. The topological polar surface area (TPSA) is 49.4 Å². The van der Waals surface area contributed by atoms with Crippen LogP contribution in [0.2, 0.25) is 0 Å². The van der Waals surface area contributed by atoms with Gasteiger partial charge in [0.15, 0.2) is 5.84 Å². The molecule has 0 fully saturated rings. The van der Waals surface area contributed by atoms with Crippen LogP contribution in [0.4, 0.5) is 0 Å². The van der Waals surface area contributed by atoms with Gasteiger partial charge in [-0.1, -0.05) is 30.3 Å². The second kappa shape index (κ2) is 3.56. The summed E-state index contributed by atoms with van der Waals surface area (Å²) >= 11 is 0. The van der Waals surface area contributed by atoms with Crippen molar-refractivity contribution in [3.05, 3.63) is 48.0 Å². The number of para-hydroxylation sites is 1. The van der Waals surface area contributed by atoms with E-state index in [1.807, 2.05) is 42.5 Å². The molecule has 17 heavy (non-hydrogen) atoms. The lowest BCUT2D eigenvalue weighted by Gasteiger charge is -1.99. The van der Waals surface area contributed by atoms with Gasteiger partial charge in [0.2, 0.25) is 0 Å². The van der Waals surface area contributed by atoms with Crippen molar-refractivity contribution in [2.75, 3.05) is 0 Å². The lowest BCUT2D eigenvalue weighted by Crippen LogP contribution is -1.94. The van der Waals surface area contributed by atoms with Crippen molar-refractivity contribution in [1.29, 1.82) is 5.41 Å². The summed E-state index contributed by atoms with van der Waals surface area (Å²) in [6.45, 7) is 3.40. The van der Waals surface area contributed by atoms with E-state index in [1.54, 1.807) is 0 Å². The van der Waals surface area contributed by atoms with Crippen molar-refractivity contribution in [2.45, 2.75) is 0 Å². The number of fused-ring (bicyclic) bond motifs is 3. The summed E-state index contributed by atoms with van der Waals surface area (Å²) in [6.07, 6.45) is 0. The van der Waals surface area contributed by atoms with Crippen LogP contribution in [0.15, 0.2) is 51.9 Å². The molecule has 0 aliphatic carbocycles. The Kier molecular flexibility index (Phi) is 2.05. The van der Waals surface area contributed by atoms with Crippen molar-refractivity contribution in [1.82, 2.24) is 0 Å². The number of hydrogen-bond donors (Lipinski definition) is 1. The van der Waals surface area contributed by atoms with E-state index in [-0.39, 0.29) is 5.84 Å². The maximum Gasteiger partial charge on any atom is 0.151 e. The van der Waals surface area contributed by atoms with Gasteiger partial charge in [-0.2, -0.15) is 0 Å². The maximum absolute atomic E-state index is 7.80. The Hall–Kier alpha value is -2.42. The minimum atomic E-state index is 0.169. The molecule has 0 amide bonds. The van der Waals surface area contributed by atoms with Gasteiger partial charge >= 0.3 is 0 Å². The predicted octanol–water partition coefficient (Wildman–Crippen LogP) is 3.61. The zero-order valence-electron chi connectivity index (χ0n) is 9.10. The highest BCUT2D eigenvalue weighted by molar-refractivity contribution is 6.17. The Bertz CT molecular complexity index is 740. The first-order chi connectivity index (χ1) is 8.31. The first kappa shape index (κ1) is 9.78. The molecule has 2 aromatic carbocycles. The summed E-state index contributed by atoms with van der Waals surface area (Å²) < 4.78 is 5.73. The van der Waals surface area contributed by atoms with Crippen LogP contribution in [0, 0.1) is 5.41 Å². The van der Waals surface area contributed by atoms with Crippen LogP contribution in [0.1, 0.15) is 5.56 Å². The number of amidine groups is 1. The van der Waals surface area contributed by atoms with Gasteiger partial charge in [0.25, 0.3) is 0 Å². The highest BCUT2D eigenvalue weighted by Crippen LogP contribution is 2.31. The fourth-order valence-electron chi connectivity index (χ4n) is 2.06. The minimum Gasteiger partial charge on any atom is -0.456 e. The lowest BCUT2D eigenvalue weighted by atomic mass is 10.1. The third kappa shape index (κ3) is 1.36. The summed E-state index contributed by atoms with van der Waals surface area (Å²) in [6, 6.07) is 13.4. The molecule has 1 aromatic heterocycles. The Labute approximate surface area is 97.9 Å². The van der Waals surface area contributed by atoms with Crippen molar-refractivity contribution in [2.24, 2.45) is 4.99 Å². The van der Waals surface area contributed by atoms with Crippen LogP contribution < -0.4 is 0 Å². The van der Waals surface area contributed by atoms with E-state index in [9.17, 15) is 0 Å². The standard InChI is InChI=1S/C14H10N2O/c1-16-14(15)10-6-4-8-12-13(10)9-5-2-3-7-11(9)17-12/h2-8,15H,1H2. The molecule has 0 atom stereocenters. The first-order valence-electron chi connectivity index (χ1n) is 5.27. The van der Waals surface area contributed by atoms with E-state index in [0.717, 1.165) is 27.5 Å². The molecule has 0 saturated heterocycles. The van der Waals surface area contributed by atoms with Crippen molar-refractivity contribution >= 4 is 34.5 Å². The molecule has 0 aliphatic rings. The van der Waals surface area contributed by atoms with Gasteiger partial charge in [0.05, 0.1) is 0 Å². The van der Waals surface area contributed by atoms with Crippen LogP contribution in [-0.2, 0) is 0 Å². The normalized spacial score (nSPS) is 10.8. The molecule has 1 heterocycles. The molecule has 3 heteroatoms. The van der Waals surface area contributed by atoms with Gasteiger partial charge in [-0.25, -0.2) is 4.99 Å². The lowest BCUT2D eigenvalue weighted by molar-refractivity contribution is 0.669. The van der Waals surface area contributed by atoms with E-state index >= 15 is 0 Å². The maximum atomic E-state index is 7.80. The van der Waals surface area contributed by atoms with Crippen LogP contribution >= 0.6 is 0 Å². The number of hydrogen-bond acceptors (Lipinski definition) is 2. The minimum absolute atomic E-state index is 0.169. The van der Waals surface area contributed by atoms with Crippen molar-refractivity contribution < 1.29 is 4.42 Å². The molecule has 1 N–H and O–H groups in total. The number of aliphatic imine (C=N–C) groups is 1. The molecule has 0 aliphatic heterocycles. The van der Waals surface area contributed by atoms with E-state index in [1.165, 1.54) is 0 Å². The second-order valence-electron chi connectivity index (χ2n) is 3.78. The first-order valence-corrected chi connectivity index (χ1v) is 5.27. The molecule has 3 nitrogen and oxygen atoms in total. The van der Waals surface area contributed by atoms with Crippen molar-refractivity contribution in [3.8, 4) is 0 Å². The number of nitrogens with one attached hydrogen (secondary N) is 1. The Balaban J connectivity index is 2.51. The highest BCUT2D eigenvalue weighted by atomic mass is 16.3. The predicted molar refractivity (Wildman–Crippen MR) is 70.1 cm³/mol. The quantitative estimate of drug-likeness (QED) is 0.496. The van der Waals surface area contributed by atoms with E-state index in [2.05, 4.69) is 11.7 Å². The fourth-order valence-corrected chi connectivity index (χ4v) is 2.06. The highest BCUT2D eigenvalue weighted by Gasteiger charge is 2.12. The van der Waals surface area contributed by atoms with Crippen LogP contribution in [0.3, 0.4) is 0 Å². The largest absolute Gasteiger partial charge is 0.456 e. The van der Waals surface area contributed by atoms with Gasteiger partial charge in [0, 0.05) is 16.3 Å². The number of rotatable bonds is 1. The molecule has 0 unspecified atom stereocenters. The zero-order chi connectivity index (χ0) is 11.8. The third-order valence-electron chi connectivity index (χ3n) is 2.82. The number of benzene rings is 2. The van der Waals surface area contributed by atoms with Crippen molar-refractivity contribution in [3.63, 3.8) is 0 Å². The third-order valence-corrected chi connectivity index (χ3v) is 2.82. The molecule has 3 rings (SSSR count). The molecule has 0 saturated carbocycles. The number of nitrogens with zero attached hydrogens (tertiary/aromatic N) is 1. The van der Waals surface area contributed by atoms with Gasteiger partial charge in [-0.15, -0.1) is 0 Å². The average Bonchev–Trinajstić information content (AvgIpc) is 2.76. The van der Waals surface area contributed by atoms with Crippen LogP contribution in [-0.4, -0.2) is 12.6 Å². The molecule has 3 aromatic rings. The molecule has 0 spiro atoms. The van der Waals surface area contributed by atoms with E-state index < -0.39 is 0 Å². The van der Waals surface area contributed by atoms with Crippen LogP contribution in [0.25, 0.3) is 21.9 Å². The molecular weight excluding hydrogens is 212 g/mol. The number of furan rings is 1. The Morgan fingerprint density at radius 3 is 2.65 bits per heavy atom. The summed E-state index contributed by atoms with van der Waals surface area (Å²) in [4.78, 5) is 3.69. The SMILES string of the molecule is C=NC(=N)c1cccc2oc3ccccc3c12. The fraction of sp³-hybridized carbons (Fsp3) is 0. The van der Waals surface area contributed by atoms with Gasteiger partial charge in [-0.05, 0) is 18.9 Å². The molecular formula is C14H10N2O. The monoisotopic (exact) mass is 222 g/mol. The zero-order valence-corrected chi connectivity index (χ0v) is 9.10. The Morgan fingerprint density at radius 1 is 1.06 bits per heavy atom. The molecule has 0 bridgehead atoms. The summed E-state index contributed by atoms with van der Waals surface area (Å²) in [7, 11) is 0. The summed E-state index contributed by atoms with van der Waals surface area (Å²) in [5, 5.41) is 9.74. The van der Waals surface area contributed by atoms with Gasteiger partial charge in [0.1, 0.15) is 11.2 Å². The second-order valence-corrected chi connectivity index (χ2v) is 3.78. The van der Waals surface area contributed by atoms with Gasteiger partial charge in [-0.3, -0.25) is 5.41 Å². The molecule has 0 radical (unpaired) electrons. The van der Waals surface area contributed by atoms with E-state index in [0.29, 0.717) is 0 Å². The Morgan fingerprint density at radius 2 is 1.82 bits per heavy atom. The summed E-state index contributed by atoms with van der Waals surface area (Å²) in [5.41, 5.74) is 2.35. The van der Waals surface area contributed by atoms with E-state index in [4.69, 9.17) is 9.83 Å². The summed E-state index contributed by atoms with van der Waals surface area (Å²) in [5.74, 6) is 0.169.